The first-order valence-electron chi connectivity index (χ1n) is 4.02. The van der Waals surface area contributed by atoms with Crippen LogP contribution in [0.3, 0.4) is 0 Å². The topological polar surface area (TPSA) is 58.9 Å². The quantitative estimate of drug-likeness (QED) is 0.567. The van der Waals surface area contributed by atoms with Gasteiger partial charge in [0.15, 0.2) is 0 Å². The molecule has 1 saturated heterocycles. The Hall–Kier alpha value is -0.160. The van der Waals surface area contributed by atoms with E-state index >= 15 is 0 Å². The third-order valence-electron chi connectivity index (χ3n) is 2.27. The minimum absolute atomic E-state index is 0.161. The van der Waals surface area contributed by atoms with Crippen molar-refractivity contribution in [2.45, 2.75) is 37.8 Å². The number of aliphatic hydroxyl groups is 2. The molecular formula is C8H16O4. The summed E-state index contributed by atoms with van der Waals surface area (Å²) in [6, 6.07) is 0. The highest BCUT2D eigenvalue weighted by Gasteiger charge is 2.44. The number of hydrogen-bond acceptors (Lipinski definition) is 4. The smallest absolute Gasteiger partial charge is 0.114 e. The van der Waals surface area contributed by atoms with Crippen molar-refractivity contribution < 1.29 is 19.7 Å². The molecule has 1 aliphatic heterocycles. The molecule has 3 atom stereocenters. The molecule has 1 aliphatic rings. The Labute approximate surface area is 72.1 Å². The fourth-order valence-corrected chi connectivity index (χ4v) is 1.52. The van der Waals surface area contributed by atoms with Crippen LogP contribution < -0.4 is 0 Å². The summed E-state index contributed by atoms with van der Waals surface area (Å²) in [5, 5.41) is 18.8. The molecule has 0 aromatic carbocycles. The molecule has 4 heteroatoms. The van der Waals surface area contributed by atoms with Crippen molar-refractivity contribution in [2.75, 3.05) is 13.7 Å². The summed E-state index contributed by atoms with van der Waals surface area (Å²) in [5.41, 5.74) is -0.534. The van der Waals surface area contributed by atoms with Crippen LogP contribution in [-0.4, -0.2) is 47.8 Å². The van der Waals surface area contributed by atoms with E-state index in [0.29, 0.717) is 0 Å². The van der Waals surface area contributed by atoms with E-state index in [0.717, 1.165) is 0 Å². The Balaban J connectivity index is 2.72. The average Bonchev–Trinajstić information content (AvgIpc) is 1.99. The molecule has 0 aromatic heterocycles. The summed E-state index contributed by atoms with van der Waals surface area (Å²) in [6.45, 7) is 3.82. The van der Waals surface area contributed by atoms with Crippen LogP contribution in [0.4, 0.5) is 0 Å². The molecule has 0 aliphatic carbocycles. The standard InChI is InChI=1S/C8H16O4/c1-8(2)7(11-3)6(10)5(9)4-12-8/h5-7,9-10H,4H2,1-3H3/t5-,6+,7-/m1/s1. The van der Waals surface area contributed by atoms with Crippen LogP contribution in [0.2, 0.25) is 0 Å². The maximum atomic E-state index is 9.52. The molecular weight excluding hydrogens is 160 g/mol. The van der Waals surface area contributed by atoms with Crippen molar-refractivity contribution in [1.82, 2.24) is 0 Å². The van der Waals surface area contributed by atoms with Crippen LogP contribution in [-0.2, 0) is 9.47 Å². The summed E-state index contributed by atoms with van der Waals surface area (Å²) in [6.07, 6.45) is -2.18. The largest absolute Gasteiger partial charge is 0.388 e. The number of aliphatic hydroxyl groups excluding tert-OH is 2. The molecule has 1 heterocycles. The summed E-state index contributed by atoms with van der Waals surface area (Å²) >= 11 is 0. The number of hydrogen-bond donors (Lipinski definition) is 2. The lowest BCUT2D eigenvalue weighted by Crippen LogP contribution is -2.58. The lowest BCUT2D eigenvalue weighted by Gasteiger charge is -2.42. The van der Waals surface area contributed by atoms with Gasteiger partial charge >= 0.3 is 0 Å². The number of ether oxygens (including phenoxy) is 2. The fraction of sp³-hybridized carbons (Fsp3) is 1.00. The molecule has 0 unspecified atom stereocenters. The monoisotopic (exact) mass is 176 g/mol. The highest BCUT2D eigenvalue weighted by Crippen LogP contribution is 2.27. The van der Waals surface area contributed by atoms with Crippen LogP contribution in [0.15, 0.2) is 0 Å². The van der Waals surface area contributed by atoms with Gasteiger partial charge in [-0.3, -0.25) is 0 Å². The van der Waals surface area contributed by atoms with E-state index in [4.69, 9.17) is 9.47 Å². The minimum Gasteiger partial charge on any atom is -0.388 e. The van der Waals surface area contributed by atoms with Crippen LogP contribution in [0, 0.1) is 0 Å². The van der Waals surface area contributed by atoms with Gasteiger partial charge in [-0.15, -0.1) is 0 Å². The fourth-order valence-electron chi connectivity index (χ4n) is 1.52. The third-order valence-corrected chi connectivity index (χ3v) is 2.27. The summed E-state index contributed by atoms with van der Waals surface area (Å²) in [5.74, 6) is 0. The second kappa shape index (κ2) is 3.30. The zero-order chi connectivity index (χ0) is 9.35. The summed E-state index contributed by atoms with van der Waals surface area (Å²) < 4.78 is 10.4. The molecule has 0 saturated carbocycles. The first kappa shape index (κ1) is 9.92. The third kappa shape index (κ3) is 1.61. The molecule has 0 spiro atoms. The predicted octanol–water partition coefficient (Wildman–Crippen LogP) is -0.468. The van der Waals surface area contributed by atoms with Gasteiger partial charge in [0.25, 0.3) is 0 Å². The minimum atomic E-state index is -0.862. The molecule has 0 aromatic rings. The van der Waals surface area contributed by atoms with E-state index in [9.17, 15) is 10.2 Å². The SMILES string of the molecule is CO[C@@H]1[C@@H](O)[C@H](O)COC1(C)C. The zero-order valence-corrected chi connectivity index (χ0v) is 7.65. The molecule has 1 fully saturated rings. The van der Waals surface area contributed by atoms with Crippen molar-refractivity contribution in [3.8, 4) is 0 Å². The first-order valence-corrected chi connectivity index (χ1v) is 4.02. The normalized spacial score (nSPS) is 41.2. The van der Waals surface area contributed by atoms with Crippen molar-refractivity contribution in [3.63, 3.8) is 0 Å². The van der Waals surface area contributed by atoms with Gasteiger partial charge in [-0.2, -0.15) is 0 Å². The molecule has 0 bridgehead atoms. The van der Waals surface area contributed by atoms with E-state index in [1.165, 1.54) is 7.11 Å². The molecule has 4 nitrogen and oxygen atoms in total. The molecule has 1 rings (SSSR count). The summed E-state index contributed by atoms with van der Waals surface area (Å²) in [7, 11) is 1.50. The van der Waals surface area contributed by atoms with Gasteiger partial charge in [0.05, 0.1) is 12.2 Å². The van der Waals surface area contributed by atoms with Crippen molar-refractivity contribution >= 4 is 0 Å². The Morgan fingerprint density at radius 2 is 2.00 bits per heavy atom. The van der Waals surface area contributed by atoms with Gasteiger partial charge in [0, 0.05) is 7.11 Å². The highest BCUT2D eigenvalue weighted by atomic mass is 16.6. The maximum Gasteiger partial charge on any atom is 0.114 e. The second-order valence-corrected chi connectivity index (χ2v) is 3.63. The molecule has 0 radical (unpaired) electrons. The highest BCUT2D eigenvalue weighted by molar-refractivity contribution is 4.93. The van der Waals surface area contributed by atoms with Gasteiger partial charge in [-0.1, -0.05) is 0 Å². The van der Waals surface area contributed by atoms with Crippen LogP contribution in [0.5, 0.6) is 0 Å². The van der Waals surface area contributed by atoms with Gasteiger partial charge < -0.3 is 19.7 Å². The maximum absolute atomic E-state index is 9.52. The second-order valence-electron chi connectivity index (χ2n) is 3.63. The van der Waals surface area contributed by atoms with Crippen LogP contribution in [0.1, 0.15) is 13.8 Å². The lowest BCUT2D eigenvalue weighted by molar-refractivity contribution is -0.230. The predicted molar refractivity (Wildman–Crippen MR) is 42.8 cm³/mol. The van der Waals surface area contributed by atoms with E-state index in [-0.39, 0.29) is 6.61 Å². The van der Waals surface area contributed by atoms with Gasteiger partial charge in [0.1, 0.15) is 18.3 Å². The van der Waals surface area contributed by atoms with Crippen molar-refractivity contribution in [3.05, 3.63) is 0 Å². The summed E-state index contributed by atoms with van der Waals surface area (Å²) in [4.78, 5) is 0. The van der Waals surface area contributed by atoms with E-state index in [1.54, 1.807) is 0 Å². The van der Waals surface area contributed by atoms with Gasteiger partial charge in [0.2, 0.25) is 0 Å². The van der Waals surface area contributed by atoms with Gasteiger partial charge in [-0.25, -0.2) is 0 Å². The molecule has 0 amide bonds. The Bertz CT molecular complexity index is 157. The van der Waals surface area contributed by atoms with E-state index in [1.807, 2.05) is 13.8 Å². The average molecular weight is 176 g/mol. The number of rotatable bonds is 1. The number of methoxy groups -OCH3 is 1. The van der Waals surface area contributed by atoms with E-state index < -0.39 is 23.9 Å². The molecule has 2 N–H and O–H groups in total. The Morgan fingerprint density at radius 3 is 2.42 bits per heavy atom. The van der Waals surface area contributed by atoms with Crippen LogP contribution in [0.25, 0.3) is 0 Å². The Kier molecular flexibility index (Phi) is 2.73. The molecule has 72 valence electrons. The van der Waals surface area contributed by atoms with Crippen molar-refractivity contribution in [1.29, 1.82) is 0 Å². The molecule has 12 heavy (non-hydrogen) atoms. The Morgan fingerprint density at radius 1 is 1.42 bits per heavy atom. The van der Waals surface area contributed by atoms with Gasteiger partial charge in [-0.05, 0) is 13.8 Å². The van der Waals surface area contributed by atoms with Crippen molar-refractivity contribution in [2.24, 2.45) is 0 Å². The zero-order valence-electron chi connectivity index (χ0n) is 7.65. The van der Waals surface area contributed by atoms with Crippen LogP contribution >= 0.6 is 0 Å². The van der Waals surface area contributed by atoms with E-state index in [2.05, 4.69) is 0 Å². The first-order chi connectivity index (χ1) is 5.49. The lowest BCUT2D eigenvalue weighted by atomic mass is 9.90.